The molecule has 0 aromatic carbocycles. The van der Waals surface area contributed by atoms with E-state index in [1.54, 1.807) is 11.3 Å². The minimum Gasteiger partial charge on any atom is -0.395 e. The summed E-state index contributed by atoms with van der Waals surface area (Å²) < 4.78 is 10.8. The molecule has 0 unspecified atom stereocenters. The number of hydrogen-bond donors (Lipinski definition) is 1. The Balaban J connectivity index is 2.17. The maximum absolute atomic E-state index is 8.62. The normalized spacial score (nSPS) is 10.1. The molecule has 1 aromatic rings. The van der Waals surface area contributed by atoms with E-state index in [0.29, 0.717) is 26.2 Å². The smallest absolute Gasteiger partial charge is 0.0810 e. The van der Waals surface area contributed by atoms with Crippen molar-refractivity contribution in [3.63, 3.8) is 0 Å². The predicted octanol–water partition coefficient (Wildman–Crippen LogP) is 2.43. The number of hydrogen-bond acceptors (Lipinski definition) is 4. The molecule has 18 heavy (non-hydrogen) atoms. The summed E-state index contributed by atoms with van der Waals surface area (Å²) >= 11 is 1.65. The van der Waals surface area contributed by atoms with Gasteiger partial charge in [0.15, 0.2) is 0 Å². The van der Waals surface area contributed by atoms with Gasteiger partial charge in [-0.2, -0.15) is 0 Å². The van der Waals surface area contributed by atoms with E-state index in [9.17, 15) is 0 Å². The van der Waals surface area contributed by atoms with Gasteiger partial charge in [-0.15, -0.1) is 11.3 Å². The summed E-state index contributed by atoms with van der Waals surface area (Å²) in [6.07, 6.45) is 1.57. The standard InChI is InChI=1S/C14H20O3S/c1-2-7-16-8-9-17-11-14-10-13(12-18-14)5-3-4-6-15/h10,12,15H,2,4,6-9,11H2,1H3. The minimum atomic E-state index is 0.116. The van der Waals surface area contributed by atoms with Crippen LogP contribution in [0.4, 0.5) is 0 Å². The molecule has 0 atom stereocenters. The van der Waals surface area contributed by atoms with Crippen LogP contribution in [0, 0.1) is 11.8 Å². The lowest BCUT2D eigenvalue weighted by atomic mass is 10.3. The number of aliphatic hydroxyl groups excluding tert-OH is 1. The highest BCUT2D eigenvalue weighted by Gasteiger charge is 1.98. The Morgan fingerprint density at radius 2 is 2.11 bits per heavy atom. The maximum atomic E-state index is 8.62. The van der Waals surface area contributed by atoms with Gasteiger partial charge in [0.1, 0.15) is 0 Å². The maximum Gasteiger partial charge on any atom is 0.0810 e. The van der Waals surface area contributed by atoms with E-state index < -0.39 is 0 Å². The van der Waals surface area contributed by atoms with Crippen LogP contribution in [0.1, 0.15) is 30.2 Å². The second-order valence-corrected chi connectivity index (χ2v) is 4.74. The van der Waals surface area contributed by atoms with Crippen LogP contribution < -0.4 is 0 Å². The molecule has 4 heteroatoms. The first kappa shape index (κ1) is 15.2. The molecule has 0 radical (unpaired) electrons. The Kier molecular flexibility index (Phi) is 8.53. The lowest BCUT2D eigenvalue weighted by Gasteiger charge is -2.03. The first-order chi connectivity index (χ1) is 8.86. The topological polar surface area (TPSA) is 38.7 Å². The van der Waals surface area contributed by atoms with Crippen LogP contribution >= 0.6 is 11.3 Å². The Labute approximate surface area is 113 Å². The van der Waals surface area contributed by atoms with Crippen LogP contribution in [0.2, 0.25) is 0 Å². The van der Waals surface area contributed by atoms with Crippen molar-refractivity contribution in [1.29, 1.82) is 0 Å². The molecule has 0 bridgehead atoms. The van der Waals surface area contributed by atoms with Crippen LogP contribution in [-0.2, 0) is 16.1 Å². The van der Waals surface area contributed by atoms with Gasteiger partial charge in [0.25, 0.3) is 0 Å². The van der Waals surface area contributed by atoms with E-state index in [4.69, 9.17) is 14.6 Å². The lowest BCUT2D eigenvalue weighted by molar-refractivity contribution is 0.0417. The molecule has 0 aliphatic rings. The monoisotopic (exact) mass is 268 g/mol. The molecule has 100 valence electrons. The quantitative estimate of drug-likeness (QED) is 0.581. The molecule has 0 saturated carbocycles. The van der Waals surface area contributed by atoms with E-state index >= 15 is 0 Å². The van der Waals surface area contributed by atoms with Crippen LogP contribution in [0.5, 0.6) is 0 Å². The van der Waals surface area contributed by atoms with Crippen molar-refractivity contribution in [3.05, 3.63) is 21.9 Å². The fraction of sp³-hybridized carbons (Fsp3) is 0.571. The highest BCUT2D eigenvalue weighted by atomic mass is 32.1. The van der Waals surface area contributed by atoms with E-state index in [0.717, 1.165) is 18.6 Å². The molecule has 3 nitrogen and oxygen atoms in total. The second-order valence-electron chi connectivity index (χ2n) is 3.74. The van der Waals surface area contributed by atoms with Crippen LogP contribution in [0.3, 0.4) is 0 Å². The van der Waals surface area contributed by atoms with Gasteiger partial charge in [0.05, 0.1) is 26.4 Å². The van der Waals surface area contributed by atoms with E-state index in [1.165, 1.54) is 4.88 Å². The molecule has 1 rings (SSSR count). The molecule has 1 heterocycles. The number of ether oxygens (including phenoxy) is 2. The van der Waals surface area contributed by atoms with Gasteiger partial charge in [-0.1, -0.05) is 18.8 Å². The number of aliphatic hydroxyl groups is 1. The summed E-state index contributed by atoms with van der Waals surface area (Å²) in [6, 6.07) is 2.03. The Hall–Kier alpha value is -0.860. The Bertz CT molecular complexity index is 376. The van der Waals surface area contributed by atoms with Crippen molar-refractivity contribution in [1.82, 2.24) is 0 Å². The zero-order valence-electron chi connectivity index (χ0n) is 10.8. The molecule has 0 amide bonds. The molecule has 0 aliphatic heterocycles. The van der Waals surface area contributed by atoms with Gasteiger partial charge < -0.3 is 14.6 Å². The average molecular weight is 268 g/mol. The van der Waals surface area contributed by atoms with E-state index in [2.05, 4.69) is 18.8 Å². The minimum absolute atomic E-state index is 0.116. The summed E-state index contributed by atoms with van der Waals surface area (Å²) in [5.74, 6) is 5.91. The largest absolute Gasteiger partial charge is 0.395 e. The van der Waals surface area contributed by atoms with Crippen molar-refractivity contribution in [2.45, 2.75) is 26.4 Å². The predicted molar refractivity (Wildman–Crippen MR) is 73.7 cm³/mol. The zero-order valence-corrected chi connectivity index (χ0v) is 11.6. The molecule has 0 fully saturated rings. The summed E-state index contributed by atoms with van der Waals surface area (Å²) in [5.41, 5.74) is 0.995. The van der Waals surface area contributed by atoms with Crippen molar-refractivity contribution in [2.24, 2.45) is 0 Å². The average Bonchev–Trinajstić information content (AvgIpc) is 2.82. The Morgan fingerprint density at radius 3 is 2.89 bits per heavy atom. The van der Waals surface area contributed by atoms with Gasteiger partial charge in [-0.3, -0.25) is 0 Å². The van der Waals surface area contributed by atoms with Crippen molar-refractivity contribution in [2.75, 3.05) is 26.4 Å². The third-order valence-corrected chi connectivity index (χ3v) is 3.00. The first-order valence-electron chi connectivity index (χ1n) is 6.19. The van der Waals surface area contributed by atoms with Crippen LogP contribution in [0.15, 0.2) is 11.4 Å². The second kappa shape index (κ2) is 10.1. The van der Waals surface area contributed by atoms with E-state index in [1.807, 2.05) is 11.4 Å². The summed E-state index contributed by atoms with van der Waals surface area (Å²) in [7, 11) is 0. The van der Waals surface area contributed by atoms with Gasteiger partial charge in [-0.05, 0) is 12.5 Å². The third kappa shape index (κ3) is 6.77. The highest BCUT2D eigenvalue weighted by Crippen LogP contribution is 2.14. The van der Waals surface area contributed by atoms with Gasteiger partial charge in [0, 0.05) is 28.8 Å². The van der Waals surface area contributed by atoms with E-state index in [-0.39, 0.29) is 6.61 Å². The summed E-state index contributed by atoms with van der Waals surface area (Å²) in [5, 5.41) is 10.6. The highest BCUT2D eigenvalue weighted by molar-refractivity contribution is 7.10. The molecular formula is C14H20O3S. The number of thiophene rings is 1. The molecule has 0 spiro atoms. The van der Waals surface area contributed by atoms with Crippen molar-refractivity contribution >= 4 is 11.3 Å². The molecule has 0 saturated heterocycles. The number of rotatable bonds is 8. The van der Waals surface area contributed by atoms with Gasteiger partial charge in [0.2, 0.25) is 0 Å². The zero-order chi connectivity index (χ0) is 13.1. The summed E-state index contributed by atoms with van der Waals surface area (Å²) in [6.45, 7) is 4.90. The fourth-order valence-corrected chi connectivity index (χ4v) is 2.03. The van der Waals surface area contributed by atoms with Crippen LogP contribution in [0.25, 0.3) is 0 Å². The summed E-state index contributed by atoms with van der Waals surface area (Å²) in [4.78, 5) is 1.17. The molecule has 1 aromatic heterocycles. The first-order valence-corrected chi connectivity index (χ1v) is 7.07. The third-order valence-electron chi connectivity index (χ3n) is 2.09. The van der Waals surface area contributed by atoms with Gasteiger partial charge in [-0.25, -0.2) is 0 Å². The van der Waals surface area contributed by atoms with Crippen molar-refractivity contribution in [3.8, 4) is 11.8 Å². The lowest BCUT2D eigenvalue weighted by Crippen LogP contribution is -2.04. The molecule has 1 N–H and O–H groups in total. The van der Waals surface area contributed by atoms with Crippen molar-refractivity contribution < 1.29 is 14.6 Å². The SMILES string of the molecule is CCCOCCOCc1cc(C#CCCO)cs1. The van der Waals surface area contributed by atoms with Crippen LogP contribution in [-0.4, -0.2) is 31.5 Å². The van der Waals surface area contributed by atoms with Gasteiger partial charge >= 0.3 is 0 Å². The fourth-order valence-electron chi connectivity index (χ4n) is 1.28. The molecular weight excluding hydrogens is 248 g/mol. The Morgan fingerprint density at radius 1 is 1.28 bits per heavy atom. The molecule has 0 aliphatic carbocycles.